The molecule has 1 atom stereocenters. The third-order valence-corrected chi connectivity index (χ3v) is 7.68. The summed E-state index contributed by atoms with van der Waals surface area (Å²) in [5.74, 6) is -0.972. The zero-order valence-corrected chi connectivity index (χ0v) is 21.6. The summed E-state index contributed by atoms with van der Waals surface area (Å²) in [5, 5.41) is 22.9. The summed E-state index contributed by atoms with van der Waals surface area (Å²) < 4.78 is 27.1. The molecule has 0 saturated carbocycles. The normalized spacial score (nSPS) is 13.2. The van der Waals surface area contributed by atoms with E-state index >= 15 is 0 Å². The van der Waals surface area contributed by atoms with E-state index in [1.54, 1.807) is 6.07 Å². The van der Waals surface area contributed by atoms with Crippen molar-refractivity contribution in [2.24, 2.45) is 0 Å². The molecule has 0 aromatic heterocycles. The summed E-state index contributed by atoms with van der Waals surface area (Å²) in [4.78, 5) is 10.8. The minimum atomic E-state index is -3.90. The van der Waals surface area contributed by atoms with E-state index in [2.05, 4.69) is 31.3 Å². The van der Waals surface area contributed by atoms with Crippen LogP contribution in [0.3, 0.4) is 0 Å². The first-order chi connectivity index (χ1) is 15.9. The van der Waals surface area contributed by atoms with Crippen molar-refractivity contribution < 1.29 is 23.4 Å². The first-order valence-corrected chi connectivity index (χ1v) is 13.2. The number of carboxylic acids is 1. The molecule has 0 fully saturated rings. The summed E-state index contributed by atoms with van der Waals surface area (Å²) in [6.45, 7) is 4.29. The van der Waals surface area contributed by atoms with Crippen molar-refractivity contribution in [3.8, 4) is 0 Å². The molecule has 0 amide bonds. The first kappa shape index (κ1) is 28.3. The molecule has 0 heterocycles. The van der Waals surface area contributed by atoms with Gasteiger partial charge in [0.2, 0.25) is 10.0 Å². The van der Waals surface area contributed by atoms with E-state index in [0.717, 1.165) is 23.6 Å². The van der Waals surface area contributed by atoms with Crippen molar-refractivity contribution in [1.82, 2.24) is 9.62 Å². The van der Waals surface area contributed by atoms with E-state index in [9.17, 15) is 18.3 Å². The van der Waals surface area contributed by atoms with Crippen molar-refractivity contribution in [1.29, 1.82) is 0 Å². The largest absolute Gasteiger partial charge is 0.481 e. The number of β-amino-alcohol motifs (C(OH)–C–C–N with tert-alkyl or cyclic N) is 1. The Morgan fingerprint density at radius 3 is 2.44 bits per heavy atom. The van der Waals surface area contributed by atoms with E-state index in [4.69, 9.17) is 16.7 Å². The fourth-order valence-electron chi connectivity index (χ4n) is 3.67. The molecule has 34 heavy (non-hydrogen) atoms. The molecular weight excluding hydrogens is 476 g/mol. The smallest absolute Gasteiger partial charge is 0.303 e. The molecule has 2 aromatic rings. The van der Waals surface area contributed by atoms with Crippen LogP contribution in [-0.4, -0.2) is 60.7 Å². The van der Waals surface area contributed by atoms with E-state index < -0.39 is 22.1 Å². The predicted molar refractivity (Wildman–Crippen MR) is 135 cm³/mol. The Kier molecular flexibility index (Phi) is 10.5. The monoisotopic (exact) mass is 510 g/mol. The Morgan fingerprint density at radius 2 is 1.79 bits per heavy atom. The zero-order chi connectivity index (χ0) is 25.4. The molecule has 0 aliphatic carbocycles. The summed E-state index contributed by atoms with van der Waals surface area (Å²) in [5.41, 5.74) is 1.61. The van der Waals surface area contributed by atoms with E-state index in [0.29, 0.717) is 5.56 Å². The number of aryl methyl sites for hydroxylation is 2. The lowest BCUT2D eigenvalue weighted by molar-refractivity contribution is -0.136. The van der Waals surface area contributed by atoms with Gasteiger partial charge in [0.05, 0.1) is 11.0 Å². The number of likely N-dealkylation sites (N-methyl/N-ethyl adjacent to an activating group) is 1. The van der Waals surface area contributed by atoms with Crippen LogP contribution in [0.4, 0.5) is 0 Å². The molecule has 0 saturated heterocycles. The molecule has 188 valence electrons. The minimum Gasteiger partial charge on any atom is -0.481 e. The molecule has 0 spiro atoms. The van der Waals surface area contributed by atoms with Crippen molar-refractivity contribution >= 4 is 27.6 Å². The van der Waals surface area contributed by atoms with Gasteiger partial charge in [0.25, 0.3) is 0 Å². The number of hydrogen-bond acceptors (Lipinski definition) is 5. The van der Waals surface area contributed by atoms with Crippen LogP contribution in [0.2, 0.25) is 5.02 Å². The molecule has 0 radical (unpaired) electrons. The van der Waals surface area contributed by atoms with Gasteiger partial charge >= 0.3 is 5.97 Å². The van der Waals surface area contributed by atoms with Crippen molar-refractivity contribution in [3.05, 3.63) is 64.7 Å². The number of aliphatic carboxylic acids is 1. The first-order valence-electron chi connectivity index (χ1n) is 11.3. The van der Waals surface area contributed by atoms with Crippen LogP contribution >= 0.6 is 11.6 Å². The number of hydrogen-bond donors (Lipinski definition) is 3. The van der Waals surface area contributed by atoms with E-state index in [1.807, 2.05) is 18.2 Å². The lowest BCUT2D eigenvalue weighted by Crippen LogP contribution is -2.46. The molecular formula is C25H35ClN2O5S. The predicted octanol–water partition coefficient (Wildman–Crippen LogP) is 3.73. The zero-order valence-electron chi connectivity index (χ0n) is 20.0. The van der Waals surface area contributed by atoms with Crippen LogP contribution in [0.5, 0.6) is 0 Å². The van der Waals surface area contributed by atoms with Crippen molar-refractivity contribution in [3.63, 3.8) is 0 Å². The summed E-state index contributed by atoms with van der Waals surface area (Å²) in [7, 11) is -2.50. The highest BCUT2D eigenvalue weighted by Gasteiger charge is 2.25. The molecule has 2 aromatic carbocycles. The summed E-state index contributed by atoms with van der Waals surface area (Å²) >= 11 is 6.07. The van der Waals surface area contributed by atoms with E-state index in [1.165, 1.54) is 24.7 Å². The van der Waals surface area contributed by atoms with Gasteiger partial charge in [0, 0.05) is 37.1 Å². The number of carboxylic acid groups (broad SMARTS) is 1. The van der Waals surface area contributed by atoms with Gasteiger partial charge in [0.15, 0.2) is 0 Å². The SMILES string of the molecule is CN(C[C@H](O)CNC(C)(C)CCCc1ccccc1)S(=O)(=O)c1cc(Cl)cc(CCC(=O)O)c1. The van der Waals surface area contributed by atoms with Gasteiger partial charge in [-0.1, -0.05) is 41.9 Å². The van der Waals surface area contributed by atoms with Crippen LogP contribution in [0, 0.1) is 0 Å². The third kappa shape index (κ3) is 9.35. The maximum atomic E-state index is 13.0. The Morgan fingerprint density at radius 1 is 1.12 bits per heavy atom. The minimum absolute atomic E-state index is 0.0238. The highest BCUT2D eigenvalue weighted by atomic mass is 35.5. The average Bonchev–Trinajstić information content (AvgIpc) is 2.76. The Labute approximate surface area is 207 Å². The Hall–Kier alpha value is -1.97. The highest BCUT2D eigenvalue weighted by molar-refractivity contribution is 7.89. The van der Waals surface area contributed by atoms with Crippen molar-refractivity contribution in [2.45, 2.75) is 62.5 Å². The van der Waals surface area contributed by atoms with E-state index in [-0.39, 0.29) is 41.4 Å². The van der Waals surface area contributed by atoms with Gasteiger partial charge in [-0.2, -0.15) is 4.31 Å². The number of aliphatic hydroxyl groups excluding tert-OH is 1. The molecule has 9 heteroatoms. The fourth-order valence-corrected chi connectivity index (χ4v) is 5.29. The number of aliphatic hydroxyl groups is 1. The molecule has 0 bridgehead atoms. The Bertz CT molecular complexity index is 1040. The van der Waals surface area contributed by atoms with Gasteiger partial charge in [0.1, 0.15) is 0 Å². The van der Waals surface area contributed by atoms with Crippen LogP contribution < -0.4 is 5.32 Å². The molecule has 2 rings (SSSR count). The topological polar surface area (TPSA) is 107 Å². The maximum absolute atomic E-state index is 13.0. The fraction of sp³-hybridized carbons (Fsp3) is 0.480. The molecule has 0 unspecified atom stereocenters. The number of sulfonamides is 1. The van der Waals surface area contributed by atoms with Crippen LogP contribution in [-0.2, 0) is 27.7 Å². The van der Waals surface area contributed by atoms with Gasteiger partial charge in [-0.25, -0.2) is 8.42 Å². The van der Waals surface area contributed by atoms with Gasteiger partial charge in [-0.15, -0.1) is 0 Å². The van der Waals surface area contributed by atoms with Gasteiger partial charge in [-0.3, -0.25) is 4.79 Å². The lowest BCUT2D eigenvalue weighted by Gasteiger charge is -2.29. The second-order valence-electron chi connectivity index (χ2n) is 9.23. The number of carbonyl (C=O) groups is 1. The number of nitrogens with one attached hydrogen (secondary N) is 1. The highest BCUT2D eigenvalue weighted by Crippen LogP contribution is 2.23. The molecule has 7 nitrogen and oxygen atoms in total. The second kappa shape index (κ2) is 12.7. The maximum Gasteiger partial charge on any atom is 0.303 e. The van der Waals surface area contributed by atoms with Crippen LogP contribution in [0.15, 0.2) is 53.4 Å². The summed E-state index contributed by atoms with van der Waals surface area (Å²) in [6.07, 6.45) is 2.02. The molecule has 3 N–H and O–H groups in total. The lowest BCUT2D eigenvalue weighted by atomic mass is 9.95. The standard InChI is InChI=1S/C25H35ClN2O5S/c1-25(2,13-7-10-19-8-5-4-6-9-19)27-17-22(29)18-28(3)34(32,33)23-15-20(11-12-24(30)31)14-21(26)16-23/h4-6,8-9,14-16,22,27,29H,7,10-13,17-18H2,1-3H3,(H,30,31)/t22-/m1/s1. The third-order valence-electron chi connectivity index (χ3n) is 5.66. The molecule has 0 aliphatic rings. The van der Waals surface area contributed by atoms with Crippen molar-refractivity contribution in [2.75, 3.05) is 20.1 Å². The Balaban J connectivity index is 1.90. The van der Waals surface area contributed by atoms with Gasteiger partial charge in [-0.05, 0) is 68.9 Å². The average molecular weight is 511 g/mol. The summed E-state index contributed by atoms with van der Waals surface area (Å²) in [6, 6.07) is 14.6. The van der Waals surface area contributed by atoms with Gasteiger partial charge < -0.3 is 15.5 Å². The number of nitrogens with zero attached hydrogens (tertiary/aromatic N) is 1. The quantitative estimate of drug-likeness (QED) is 0.357. The number of halogens is 1. The number of rotatable bonds is 14. The molecule has 0 aliphatic heterocycles. The van der Waals surface area contributed by atoms with Crippen LogP contribution in [0.1, 0.15) is 44.2 Å². The van der Waals surface area contributed by atoms with Crippen LogP contribution in [0.25, 0.3) is 0 Å². The number of benzene rings is 2. The second-order valence-corrected chi connectivity index (χ2v) is 11.7.